The molecule has 0 fully saturated rings. The largest absolute Gasteiger partial charge is 0.481 e. The Balaban J connectivity index is 2.13. The average Bonchev–Trinajstić information content (AvgIpc) is 2.60. The predicted octanol–water partition coefficient (Wildman–Crippen LogP) is 5.56. The van der Waals surface area contributed by atoms with Gasteiger partial charge in [-0.2, -0.15) is 0 Å². The molecular weight excluding hydrogens is 397 g/mol. The first-order valence-electron chi connectivity index (χ1n) is 7.73. The zero-order valence-electron chi connectivity index (χ0n) is 13.7. The van der Waals surface area contributed by atoms with Gasteiger partial charge in [0.2, 0.25) is 0 Å². The minimum absolute atomic E-state index is 0.335. The molecule has 0 radical (unpaired) electrons. The standard InChI is InChI=1S/C19H14Cl3NO3/c1-10-13(8-11-2-4-12(20)5-3-11)18(22)17-15(26-9-16(24)25)7-6-14(21)19(17)23-10/h2-7H,8-9H2,1H3,(H,24,25). The van der Waals surface area contributed by atoms with Crippen molar-refractivity contribution in [2.45, 2.75) is 13.3 Å². The van der Waals surface area contributed by atoms with Gasteiger partial charge in [-0.05, 0) is 42.3 Å². The van der Waals surface area contributed by atoms with Crippen LogP contribution in [0.1, 0.15) is 16.8 Å². The molecule has 3 aromatic rings. The number of pyridine rings is 1. The van der Waals surface area contributed by atoms with Crippen molar-refractivity contribution in [2.24, 2.45) is 0 Å². The molecule has 26 heavy (non-hydrogen) atoms. The monoisotopic (exact) mass is 409 g/mol. The SMILES string of the molecule is Cc1nc2c(Cl)ccc(OCC(=O)O)c2c(Cl)c1Cc1ccc(Cl)cc1. The normalized spacial score (nSPS) is 10.9. The van der Waals surface area contributed by atoms with Gasteiger partial charge < -0.3 is 9.84 Å². The Morgan fingerprint density at radius 1 is 1.12 bits per heavy atom. The van der Waals surface area contributed by atoms with Crippen molar-refractivity contribution in [2.75, 3.05) is 6.61 Å². The van der Waals surface area contributed by atoms with Crippen LogP contribution >= 0.6 is 34.8 Å². The summed E-state index contributed by atoms with van der Waals surface area (Å²) in [4.78, 5) is 15.4. The maximum atomic E-state index is 10.8. The molecule has 0 bridgehead atoms. The quantitative estimate of drug-likeness (QED) is 0.598. The highest BCUT2D eigenvalue weighted by Gasteiger charge is 2.18. The van der Waals surface area contributed by atoms with Crippen LogP contribution in [0, 0.1) is 6.92 Å². The number of carboxylic acid groups (broad SMARTS) is 1. The van der Waals surface area contributed by atoms with E-state index >= 15 is 0 Å². The van der Waals surface area contributed by atoms with E-state index in [9.17, 15) is 4.79 Å². The third-order valence-electron chi connectivity index (χ3n) is 3.94. The van der Waals surface area contributed by atoms with E-state index in [2.05, 4.69) is 4.98 Å². The third kappa shape index (κ3) is 3.88. The molecule has 1 aromatic heterocycles. The smallest absolute Gasteiger partial charge is 0.341 e. The molecule has 0 amide bonds. The molecule has 0 saturated heterocycles. The second kappa shape index (κ2) is 7.70. The molecule has 2 aromatic carbocycles. The van der Waals surface area contributed by atoms with Crippen molar-refractivity contribution >= 4 is 51.7 Å². The summed E-state index contributed by atoms with van der Waals surface area (Å²) in [7, 11) is 0. The van der Waals surface area contributed by atoms with E-state index in [1.165, 1.54) is 0 Å². The number of aromatic nitrogens is 1. The number of fused-ring (bicyclic) bond motifs is 1. The first-order chi connectivity index (χ1) is 12.4. The molecule has 0 aliphatic carbocycles. The fourth-order valence-corrected chi connectivity index (χ4v) is 3.40. The number of carboxylic acids is 1. The molecule has 1 N–H and O–H groups in total. The van der Waals surface area contributed by atoms with Gasteiger partial charge in [0.15, 0.2) is 6.61 Å². The number of hydrogen-bond acceptors (Lipinski definition) is 3. The predicted molar refractivity (Wildman–Crippen MR) is 104 cm³/mol. The summed E-state index contributed by atoms with van der Waals surface area (Å²) in [6.07, 6.45) is 0.551. The molecule has 0 spiro atoms. The van der Waals surface area contributed by atoms with Crippen LogP contribution in [0.4, 0.5) is 0 Å². The van der Waals surface area contributed by atoms with Crippen LogP contribution in [0.3, 0.4) is 0 Å². The lowest BCUT2D eigenvalue weighted by Gasteiger charge is -2.15. The van der Waals surface area contributed by atoms with Gasteiger partial charge in [0.1, 0.15) is 5.75 Å². The topological polar surface area (TPSA) is 59.4 Å². The molecule has 0 atom stereocenters. The van der Waals surface area contributed by atoms with Crippen molar-refractivity contribution in [3.8, 4) is 5.75 Å². The molecule has 4 nitrogen and oxygen atoms in total. The lowest BCUT2D eigenvalue weighted by atomic mass is 10.0. The number of rotatable bonds is 5. The summed E-state index contributed by atoms with van der Waals surface area (Å²) >= 11 is 18.9. The Bertz CT molecular complexity index is 988. The third-order valence-corrected chi connectivity index (χ3v) is 4.91. The highest BCUT2D eigenvalue weighted by molar-refractivity contribution is 6.40. The van der Waals surface area contributed by atoms with Gasteiger partial charge in [0.25, 0.3) is 0 Å². The van der Waals surface area contributed by atoms with Crippen molar-refractivity contribution < 1.29 is 14.6 Å². The fourth-order valence-electron chi connectivity index (χ4n) is 2.69. The lowest BCUT2D eigenvalue weighted by molar-refractivity contribution is -0.139. The average molecular weight is 411 g/mol. The van der Waals surface area contributed by atoms with Gasteiger partial charge in [-0.15, -0.1) is 0 Å². The molecule has 0 aliphatic rings. The number of nitrogens with zero attached hydrogens (tertiary/aromatic N) is 1. The van der Waals surface area contributed by atoms with Crippen LogP contribution in [-0.2, 0) is 11.2 Å². The summed E-state index contributed by atoms with van der Waals surface area (Å²) in [5, 5.41) is 10.9. The van der Waals surface area contributed by atoms with E-state index in [0.717, 1.165) is 16.8 Å². The number of ether oxygens (including phenoxy) is 1. The zero-order chi connectivity index (χ0) is 18.8. The van der Waals surface area contributed by atoms with E-state index in [0.29, 0.717) is 38.1 Å². The Kier molecular flexibility index (Phi) is 5.56. The van der Waals surface area contributed by atoms with E-state index in [1.54, 1.807) is 12.1 Å². The number of aryl methyl sites for hydroxylation is 1. The Morgan fingerprint density at radius 3 is 2.46 bits per heavy atom. The summed E-state index contributed by atoms with van der Waals surface area (Å²) in [5.41, 5.74) is 3.08. The minimum Gasteiger partial charge on any atom is -0.481 e. The maximum Gasteiger partial charge on any atom is 0.341 e. The fraction of sp³-hybridized carbons (Fsp3) is 0.158. The summed E-state index contributed by atoms with van der Waals surface area (Å²) in [5.74, 6) is -0.743. The van der Waals surface area contributed by atoms with Gasteiger partial charge in [-0.1, -0.05) is 46.9 Å². The number of halogens is 3. The second-order valence-corrected chi connectivity index (χ2v) is 6.97. The van der Waals surface area contributed by atoms with Crippen molar-refractivity contribution in [1.82, 2.24) is 4.98 Å². The molecule has 7 heteroatoms. The number of hydrogen-bond donors (Lipinski definition) is 1. The first kappa shape index (κ1) is 18.8. The molecule has 134 valence electrons. The highest BCUT2D eigenvalue weighted by Crippen LogP contribution is 2.39. The molecule has 0 aliphatic heterocycles. The van der Waals surface area contributed by atoms with Gasteiger partial charge in [-0.25, -0.2) is 4.79 Å². The minimum atomic E-state index is -1.08. The van der Waals surface area contributed by atoms with Gasteiger partial charge in [-0.3, -0.25) is 4.98 Å². The van der Waals surface area contributed by atoms with Crippen molar-refractivity contribution in [3.05, 3.63) is 68.3 Å². The number of carbonyl (C=O) groups is 1. The Hall–Kier alpha value is -2.01. The summed E-state index contributed by atoms with van der Waals surface area (Å²) in [6, 6.07) is 10.7. The Morgan fingerprint density at radius 2 is 1.81 bits per heavy atom. The first-order valence-corrected chi connectivity index (χ1v) is 8.86. The zero-order valence-corrected chi connectivity index (χ0v) is 16.0. The van der Waals surface area contributed by atoms with Crippen LogP contribution in [0.25, 0.3) is 10.9 Å². The van der Waals surface area contributed by atoms with E-state index in [-0.39, 0.29) is 0 Å². The molecule has 3 rings (SSSR count). The molecule has 0 unspecified atom stereocenters. The van der Waals surface area contributed by atoms with Crippen LogP contribution in [-0.4, -0.2) is 22.7 Å². The highest BCUT2D eigenvalue weighted by atomic mass is 35.5. The second-order valence-electron chi connectivity index (χ2n) is 5.74. The van der Waals surface area contributed by atoms with E-state index < -0.39 is 12.6 Å². The molecular formula is C19H14Cl3NO3. The van der Waals surface area contributed by atoms with Crippen molar-refractivity contribution in [1.29, 1.82) is 0 Å². The maximum absolute atomic E-state index is 10.8. The number of benzene rings is 2. The van der Waals surface area contributed by atoms with E-state index in [1.807, 2.05) is 31.2 Å². The molecule has 0 saturated carbocycles. The molecule has 1 heterocycles. The van der Waals surface area contributed by atoms with E-state index in [4.69, 9.17) is 44.6 Å². The number of aliphatic carboxylic acids is 1. The van der Waals surface area contributed by atoms with Crippen LogP contribution < -0.4 is 4.74 Å². The van der Waals surface area contributed by atoms with Gasteiger partial charge in [0, 0.05) is 17.1 Å². The van der Waals surface area contributed by atoms with Crippen molar-refractivity contribution in [3.63, 3.8) is 0 Å². The summed E-state index contributed by atoms with van der Waals surface area (Å²) in [6.45, 7) is 1.38. The van der Waals surface area contributed by atoms with Gasteiger partial charge in [0.05, 0.1) is 20.9 Å². The van der Waals surface area contributed by atoms with Crippen LogP contribution in [0.15, 0.2) is 36.4 Å². The van der Waals surface area contributed by atoms with Crippen LogP contribution in [0.5, 0.6) is 5.75 Å². The lowest BCUT2D eigenvalue weighted by Crippen LogP contribution is -2.10. The Labute approximate surface area is 165 Å². The van der Waals surface area contributed by atoms with Crippen LogP contribution in [0.2, 0.25) is 15.1 Å². The summed E-state index contributed by atoms with van der Waals surface area (Å²) < 4.78 is 5.38. The van der Waals surface area contributed by atoms with Gasteiger partial charge >= 0.3 is 5.97 Å².